The third-order valence-electron chi connectivity index (χ3n) is 7.50. The number of hydrogen-bond donors (Lipinski definition) is 3. The van der Waals surface area contributed by atoms with Crippen LogP contribution in [0.1, 0.15) is 83.7 Å². The molecule has 0 saturated carbocycles. The maximum Gasteiger partial charge on any atom is 0.326 e. The van der Waals surface area contributed by atoms with Gasteiger partial charge in [0.15, 0.2) is 0 Å². The number of hydrogen-bond acceptors (Lipinski definition) is 5. The van der Waals surface area contributed by atoms with Crippen LogP contribution in [0.2, 0.25) is 0 Å². The fraction of sp³-hybridized carbons (Fsp3) is 0.516. The van der Waals surface area contributed by atoms with E-state index in [1.54, 1.807) is 0 Å². The van der Waals surface area contributed by atoms with Gasteiger partial charge in [0.25, 0.3) is 0 Å². The van der Waals surface area contributed by atoms with Crippen LogP contribution in [-0.2, 0) is 16.0 Å². The van der Waals surface area contributed by atoms with E-state index in [9.17, 15) is 4.79 Å². The van der Waals surface area contributed by atoms with E-state index in [-0.39, 0.29) is 17.7 Å². The number of nitrogens with one attached hydrogen (secondary N) is 3. The van der Waals surface area contributed by atoms with Crippen LogP contribution in [0.25, 0.3) is 0 Å². The van der Waals surface area contributed by atoms with Gasteiger partial charge >= 0.3 is 5.97 Å². The standard InChI is InChI=1S/C31H43N3O2/c1-21(2)27(32-9)33-30(5,6)31(7,8)34-29(3,4)28(35)36-26-20-24-16-11-10-14-22(24)18-19-23-15-12-13-17-25(23)26/h10-17,21,26-27,32-34H,20H2,1-9H3. The highest BCUT2D eigenvalue weighted by molar-refractivity contribution is 5.80. The number of ether oxygens (including phenoxy) is 1. The molecule has 0 saturated heterocycles. The summed E-state index contributed by atoms with van der Waals surface area (Å²) in [5.74, 6) is 6.69. The molecule has 3 N–H and O–H groups in total. The van der Waals surface area contributed by atoms with E-state index < -0.39 is 17.2 Å². The minimum absolute atomic E-state index is 0.142. The third-order valence-corrected chi connectivity index (χ3v) is 7.50. The van der Waals surface area contributed by atoms with Gasteiger partial charge in [0.2, 0.25) is 0 Å². The normalized spacial score (nSPS) is 16.7. The molecule has 0 radical (unpaired) electrons. The lowest BCUT2D eigenvalue weighted by molar-refractivity contribution is -0.157. The third kappa shape index (κ3) is 6.18. The highest BCUT2D eigenvalue weighted by Crippen LogP contribution is 2.31. The topological polar surface area (TPSA) is 62.4 Å². The maximum atomic E-state index is 13.7. The lowest BCUT2D eigenvalue weighted by atomic mass is 9.79. The van der Waals surface area contributed by atoms with Crippen molar-refractivity contribution in [3.8, 4) is 11.8 Å². The van der Waals surface area contributed by atoms with Gasteiger partial charge in [0.05, 0.1) is 6.17 Å². The Hall–Kier alpha value is -2.65. The first kappa shape index (κ1) is 27.9. The molecule has 5 nitrogen and oxygen atoms in total. The Labute approximate surface area is 217 Å². The largest absolute Gasteiger partial charge is 0.456 e. The number of benzene rings is 2. The molecule has 0 aliphatic heterocycles. The Kier molecular flexibility index (Phi) is 8.35. The summed E-state index contributed by atoms with van der Waals surface area (Å²) in [4.78, 5) is 13.7. The van der Waals surface area contributed by atoms with Crippen molar-refractivity contribution in [2.24, 2.45) is 5.92 Å². The molecule has 0 spiro atoms. The lowest BCUT2D eigenvalue weighted by Gasteiger charge is -2.49. The highest BCUT2D eigenvalue weighted by atomic mass is 16.5. The minimum Gasteiger partial charge on any atom is -0.456 e. The van der Waals surface area contributed by atoms with Gasteiger partial charge in [-0.1, -0.05) is 62.1 Å². The number of rotatable bonds is 9. The van der Waals surface area contributed by atoms with Crippen LogP contribution in [0.4, 0.5) is 0 Å². The van der Waals surface area contributed by atoms with Crippen LogP contribution in [0, 0.1) is 17.8 Å². The molecule has 2 aromatic rings. The Bertz CT molecular complexity index is 1140. The smallest absolute Gasteiger partial charge is 0.326 e. The summed E-state index contributed by atoms with van der Waals surface area (Å²) < 4.78 is 6.27. The quantitative estimate of drug-likeness (QED) is 0.264. The first-order chi connectivity index (χ1) is 16.8. The van der Waals surface area contributed by atoms with E-state index in [0.29, 0.717) is 12.3 Å². The number of esters is 1. The van der Waals surface area contributed by atoms with Gasteiger partial charge in [-0.2, -0.15) is 0 Å². The molecule has 1 aliphatic rings. The van der Waals surface area contributed by atoms with Gasteiger partial charge in [-0.3, -0.25) is 15.4 Å². The van der Waals surface area contributed by atoms with Crippen molar-refractivity contribution in [2.45, 2.75) is 90.7 Å². The molecule has 2 aromatic carbocycles. The van der Waals surface area contributed by atoms with E-state index in [2.05, 4.69) is 75.4 Å². The van der Waals surface area contributed by atoms with E-state index in [1.165, 1.54) is 0 Å². The van der Waals surface area contributed by atoms with E-state index >= 15 is 0 Å². The van der Waals surface area contributed by atoms with Crippen molar-refractivity contribution >= 4 is 5.97 Å². The van der Waals surface area contributed by atoms with Gasteiger partial charge in [-0.05, 0) is 72.2 Å². The molecule has 0 fully saturated rings. The summed E-state index contributed by atoms with van der Waals surface area (Å²) in [6.45, 7) is 16.7. The molecule has 2 unspecified atom stereocenters. The number of carbonyl (C=O) groups is 1. The van der Waals surface area contributed by atoms with Gasteiger partial charge in [0.1, 0.15) is 11.6 Å². The maximum absolute atomic E-state index is 13.7. The van der Waals surface area contributed by atoms with Crippen molar-refractivity contribution in [3.63, 3.8) is 0 Å². The molecule has 194 valence electrons. The highest BCUT2D eigenvalue weighted by Gasteiger charge is 2.45. The Morgan fingerprint density at radius 3 is 2.14 bits per heavy atom. The summed E-state index contributed by atoms with van der Waals surface area (Å²) in [5.41, 5.74) is 2.22. The van der Waals surface area contributed by atoms with Crippen LogP contribution in [0.3, 0.4) is 0 Å². The number of carbonyl (C=O) groups excluding carboxylic acids is 1. The van der Waals surface area contributed by atoms with Gasteiger partial charge < -0.3 is 10.1 Å². The van der Waals surface area contributed by atoms with Crippen molar-refractivity contribution in [1.29, 1.82) is 0 Å². The molecule has 36 heavy (non-hydrogen) atoms. The Morgan fingerprint density at radius 2 is 1.50 bits per heavy atom. The summed E-state index contributed by atoms with van der Waals surface area (Å²) >= 11 is 0. The van der Waals surface area contributed by atoms with Gasteiger partial charge in [-0.25, -0.2) is 0 Å². The fourth-order valence-corrected chi connectivity index (χ4v) is 4.67. The molecule has 5 heteroatoms. The molecule has 3 rings (SSSR count). The summed E-state index contributed by atoms with van der Waals surface area (Å²) in [5, 5.41) is 10.7. The van der Waals surface area contributed by atoms with Crippen LogP contribution >= 0.6 is 0 Å². The second-order valence-corrected chi connectivity index (χ2v) is 11.7. The van der Waals surface area contributed by atoms with Crippen molar-refractivity contribution in [1.82, 2.24) is 16.0 Å². The van der Waals surface area contributed by atoms with Crippen LogP contribution in [-0.4, -0.2) is 35.8 Å². The summed E-state index contributed by atoms with van der Waals surface area (Å²) in [7, 11) is 1.96. The summed E-state index contributed by atoms with van der Waals surface area (Å²) in [6.07, 6.45) is 0.302. The average Bonchev–Trinajstić information content (AvgIpc) is 2.79. The second kappa shape index (κ2) is 10.8. The Morgan fingerprint density at radius 1 is 0.917 bits per heavy atom. The molecular formula is C31H43N3O2. The first-order valence-corrected chi connectivity index (χ1v) is 12.9. The average molecular weight is 490 g/mol. The lowest BCUT2D eigenvalue weighted by Crippen LogP contribution is -2.71. The van der Waals surface area contributed by atoms with Crippen LogP contribution < -0.4 is 16.0 Å². The van der Waals surface area contributed by atoms with Crippen molar-refractivity contribution < 1.29 is 9.53 Å². The first-order valence-electron chi connectivity index (χ1n) is 12.9. The molecular weight excluding hydrogens is 446 g/mol. The second-order valence-electron chi connectivity index (χ2n) is 11.7. The molecule has 0 amide bonds. The van der Waals surface area contributed by atoms with E-state index in [0.717, 1.165) is 22.3 Å². The zero-order chi connectivity index (χ0) is 26.7. The molecule has 2 atom stereocenters. The van der Waals surface area contributed by atoms with E-state index in [4.69, 9.17) is 4.74 Å². The SMILES string of the molecule is CNC(NC(C)(C)C(C)(C)NC(C)(C)C(=O)OC1Cc2ccccc2C#Cc2ccccc21)C(C)C. The van der Waals surface area contributed by atoms with Crippen LogP contribution in [0.5, 0.6) is 0 Å². The van der Waals surface area contributed by atoms with Crippen molar-refractivity contribution in [2.75, 3.05) is 7.05 Å². The van der Waals surface area contributed by atoms with Gasteiger partial charge in [-0.15, -0.1) is 0 Å². The monoisotopic (exact) mass is 489 g/mol. The summed E-state index contributed by atoms with van der Waals surface area (Å²) in [6, 6.07) is 16.0. The molecule has 0 bridgehead atoms. The zero-order valence-electron chi connectivity index (χ0n) is 23.4. The van der Waals surface area contributed by atoms with Gasteiger partial charge in [0, 0.05) is 34.2 Å². The minimum atomic E-state index is -0.919. The fourth-order valence-electron chi connectivity index (χ4n) is 4.67. The molecule has 0 aromatic heterocycles. The predicted molar refractivity (Wildman–Crippen MR) is 148 cm³/mol. The van der Waals surface area contributed by atoms with Crippen molar-refractivity contribution in [3.05, 3.63) is 70.8 Å². The molecule has 1 aliphatic carbocycles. The van der Waals surface area contributed by atoms with E-state index in [1.807, 2.05) is 63.4 Å². The van der Waals surface area contributed by atoms with Crippen LogP contribution in [0.15, 0.2) is 48.5 Å². The predicted octanol–water partition coefficient (Wildman–Crippen LogP) is 4.94. The Balaban J connectivity index is 1.84. The number of fused-ring (bicyclic) bond motifs is 2. The molecule has 0 heterocycles. The zero-order valence-corrected chi connectivity index (χ0v) is 23.4.